The number of ether oxygens (including phenoxy) is 2. The van der Waals surface area contributed by atoms with Gasteiger partial charge in [0.25, 0.3) is 0 Å². The SMILES string of the molecule is CCSC1=NC2(CCN(C(=O)Nc3cccc(OC)c3)CC2)N=C1c1ccc(OC)cc1. The Morgan fingerprint density at radius 1 is 1.06 bits per heavy atom. The molecule has 1 N–H and O–H groups in total. The second-order valence-electron chi connectivity index (χ2n) is 7.67. The smallest absolute Gasteiger partial charge is 0.321 e. The molecule has 4 rings (SSSR count). The predicted molar refractivity (Wildman–Crippen MR) is 131 cm³/mol. The fraction of sp³-hybridized carbons (Fsp3) is 0.375. The zero-order chi connectivity index (χ0) is 22.6. The monoisotopic (exact) mass is 452 g/mol. The molecule has 2 aromatic rings. The largest absolute Gasteiger partial charge is 0.497 e. The summed E-state index contributed by atoms with van der Waals surface area (Å²) in [4.78, 5) is 24.7. The van der Waals surface area contributed by atoms with Gasteiger partial charge in [-0.1, -0.05) is 13.0 Å². The second-order valence-corrected chi connectivity index (χ2v) is 8.92. The van der Waals surface area contributed by atoms with E-state index >= 15 is 0 Å². The summed E-state index contributed by atoms with van der Waals surface area (Å²) in [5.74, 6) is 2.46. The summed E-state index contributed by atoms with van der Waals surface area (Å²) in [6.07, 6.45) is 1.40. The van der Waals surface area contributed by atoms with Crippen molar-refractivity contribution in [2.45, 2.75) is 25.4 Å². The lowest BCUT2D eigenvalue weighted by Crippen LogP contribution is -2.46. The quantitative estimate of drug-likeness (QED) is 0.715. The minimum Gasteiger partial charge on any atom is -0.497 e. The van der Waals surface area contributed by atoms with Crippen molar-refractivity contribution in [3.63, 3.8) is 0 Å². The lowest BCUT2D eigenvalue weighted by atomic mass is 9.98. The van der Waals surface area contributed by atoms with E-state index < -0.39 is 5.66 Å². The number of urea groups is 1. The Morgan fingerprint density at radius 2 is 1.78 bits per heavy atom. The maximum absolute atomic E-state index is 12.8. The number of methoxy groups -OCH3 is 2. The van der Waals surface area contributed by atoms with Gasteiger partial charge in [0.2, 0.25) is 0 Å². The van der Waals surface area contributed by atoms with Gasteiger partial charge < -0.3 is 19.7 Å². The van der Waals surface area contributed by atoms with E-state index in [0.29, 0.717) is 31.7 Å². The van der Waals surface area contributed by atoms with Gasteiger partial charge in [-0.05, 0) is 42.2 Å². The molecule has 2 aliphatic rings. The molecule has 1 saturated heterocycles. The molecule has 32 heavy (non-hydrogen) atoms. The number of nitrogens with zero attached hydrogens (tertiary/aromatic N) is 3. The molecular formula is C24H28N4O3S. The minimum absolute atomic E-state index is 0.113. The Hall–Kier alpha value is -3.00. The number of thioether (sulfide) groups is 1. The van der Waals surface area contributed by atoms with E-state index in [1.165, 1.54) is 0 Å². The van der Waals surface area contributed by atoms with E-state index in [-0.39, 0.29) is 6.03 Å². The molecule has 2 amide bonds. The lowest BCUT2D eigenvalue weighted by molar-refractivity contribution is 0.175. The molecule has 2 heterocycles. The van der Waals surface area contributed by atoms with E-state index in [4.69, 9.17) is 19.5 Å². The van der Waals surface area contributed by atoms with Gasteiger partial charge >= 0.3 is 6.03 Å². The number of carbonyl (C=O) groups is 1. The Kier molecular flexibility index (Phi) is 6.69. The van der Waals surface area contributed by atoms with Crippen molar-refractivity contribution >= 4 is 34.2 Å². The molecule has 0 atom stereocenters. The summed E-state index contributed by atoms with van der Waals surface area (Å²) in [6.45, 7) is 3.32. The van der Waals surface area contributed by atoms with Crippen molar-refractivity contribution in [3.8, 4) is 11.5 Å². The highest BCUT2D eigenvalue weighted by atomic mass is 32.2. The highest BCUT2D eigenvalue weighted by Crippen LogP contribution is 2.36. The molecule has 2 aliphatic heterocycles. The molecule has 168 valence electrons. The van der Waals surface area contributed by atoms with Crippen LogP contribution in [0.3, 0.4) is 0 Å². The fourth-order valence-corrected chi connectivity index (χ4v) is 4.70. The fourth-order valence-electron chi connectivity index (χ4n) is 3.89. The van der Waals surface area contributed by atoms with Crippen molar-refractivity contribution in [1.29, 1.82) is 0 Å². The first-order valence-corrected chi connectivity index (χ1v) is 11.7. The maximum Gasteiger partial charge on any atom is 0.321 e. The van der Waals surface area contributed by atoms with Crippen LogP contribution in [0.25, 0.3) is 0 Å². The number of benzene rings is 2. The molecule has 0 aromatic heterocycles. The van der Waals surface area contributed by atoms with E-state index in [9.17, 15) is 4.79 Å². The van der Waals surface area contributed by atoms with E-state index in [0.717, 1.165) is 33.5 Å². The number of carbonyl (C=O) groups excluding carboxylic acids is 1. The van der Waals surface area contributed by atoms with Gasteiger partial charge in [0.05, 0.1) is 19.9 Å². The van der Waals surface area contributed by atoms with E-state index in [1.54, 1.807) is 26.0 Å². The van der Waals surface area contributed by atoms with Gasteiger partial charge in [-0.3, -0.25) is 4.99 Å². The second kappa shape index (κ2) is 9.65. The number of likely N-dealkylation sites (tertiary alicyclic amines) is 1. The third-order valence-corrected chi connectivity index (χ3v) is 6.50. The molecule has 7 nitrogen and oxygen atoms in total. The Balaban J connectivity index is 1.46. The van der Waals surface area contributed by atoms with Crippen LogP contribution in [0.5, 0.6) is 11.5 Å². The summed E-state index contributed by atoms with van der Waals surface area (Å²) < 4.78 is 10.5. The number of aliphatic imine (C=N–C) groups is 2. The van der Waals surface area contributed by atoms with Crippen LogP contribution < -0.4 is 14.8 Å². The van der Waals surface area contributed by atoms with Crippen LogP contribution in [0.15, 0.2) is 58.5 Å². The lowest BCUT2D eigenvalue weighted by Gasteiger charge is -2.35. The molecule has 0 aliphatic carbocycles. The minimum atomic E-state index is -0.487. The highest BCUT2D eigenvalue weighted by molar-refractivity contribution is 8.15. The standard InChI is InChI=1S/C24H28N4O3S/c1-4-32-22-21(17-8-10-19(30-2)11-9-17)26-24(27-22)12-14-28(15-13-24)23(29)25-18-6-5-7-20(16-18)31-3/h5-11,16H,4,12-15H2,1-3H3,(H,25,29). The van der Waals surface area contributed by atoms with E-state index in [2.05, 4.69) is 12.2 Å². The van der Waals surface area contributed by atoms with Crippen LogP contribution in [-0.4, -0.2) is 60.4 Å². The van der Waals surface area contributed by atoms with Crippen molar-refractivity contribution in [3.05, 3.63) is 54.1 Å². The number of nitrogens with one attached hydrogen (secondary N) is 1. The average molecular weight is 453 g/mol. The summed E-state index contributed by atoms with van der Waals surface area (Å²) in [7, 11) is 3.27. The molecule has 0 unspecified atom stereocenters. The third kappa shape index (κ3) is 4.75. The number of rotatable bonds is 5. The number of piperidine rings is 1. The van der Waals surface area contributed by atoms with Crippen LogP contribution in [0.2, 0.25) is 0 Å². The molecule has 2 aromatic carbocycles. The maximum atomic E-state index is 12.8. The van der Waals surface area contributed by atoms with Gasteiger partial charge in [0.1, 0.15) is 16.5 Å². The molecule has 1 spiro atoms. The van der Waals surface area contributed by atoms with Crippen LogP contribution in [0, 0.1) is 0 Å². The molecule has 0 radical (unpaired) electrons. The molecule has 0 bridgehead atoms. The average Bonchev–Trinajstić information content (AvgIpc) is 3.17. The topological polar surface area (TPSA) is 75.5 Å². The molecule has 8 heteroatoms. The Morgan fingerprint density at radius 3 is 2.44 bits per heavy atom. The normalized spacial score (nSPS) is 17.0. The summed E-state index contributed by atoms with van der Waals surface area (Å²) in [5.41, 5.74) is 2.21. The Bertz CT molecular complexity index is 1030. The van der Waals surface area contributed by atoms with Crippen LogP contribution >= 0.6 is 11.8 Å². The number of hydrogen-bond donors (Lipinski definition) is 1. The number of amides is 2. The predicted octanol–water partition coefficient (Wildman–Crippen LogP) is 4.68. The third-order valence-electron chi connectivity index (χ3n) is 5.65. The van der Waals surface area contributed by atoms with Crippen LogP contribution in [-0.2, 0) is 0 Å². The first-order valence-electron chi connectivity index (χ1n) is 10.7. The molecule has 1 fully saturated rings. The molecular weight excluding hydrogens is 424 g/mol. The molecule has 0 saturated carbocycles. The van der Waals surface area contributed by atoms with Gasteiger partial charge in [0.15, 0.2) is 5.66 Å². The van der Waals surface area contributed by atoms with Crippen molar-refractivity contribution in [2.75, 3.05) is 38.4 Å². The van der Waals surface area contributed by atoms with Gasteiger partial charge in [-0.25, -0.2) is 9.79 Å². The summed E-state index contributed by atoms with van der Waals surface area (Å²) in [6, 6.07) is 15.2. The first-order chi connectivity index (χ1) is 15.6. The van der Waals surface area contributed by atoms with Crippen molar-refractivity contribution in [1.82, 2.24) is 4.90 Å². The van der Waals surface area contributed by atoms with Crippen molar-refractivity contribution in [2.24, 2.45) is 9.98 Å². The van der Waals surface area contributed by atoms with Gasteiger partial charge in [-0.2, -0.15) is 0 Å². The Labute approximate surface area is 192 Å². The number of anilines is 1. The van der Waals surface area contributed by atoms with Crippen LogP contribution in [0.4, 0.5) is 10.5 Å². The summed E-state index contributed by atoms with van der Waals surface area (Å²) in [5, 5.41) is 3.94. The van der Waals surface area contributed by atoms with Gasteiger partial charge in [0, 0.05) is 43.2 Å². The zero-order valence-electron chi connectivity index (χ0n) is 18.6. The highest BCUT2D eigenvalue weighted by Gasteiger charge is 2.40. The summed E-state index contributed by atoms with van der Waals surface area (Å²) >= 11 is 1.71. The van der Waals surface area contributed by atoms with Crippen molar-refractivity contribution < 1.29 is 14.3 Å². The first kappa shape index (κ1) is 22.2. The number of hydrogen-bond acceptors (Lipinski definition) is 6. The van der Waals surface area contributed by atoms with E-state index in [1.807, 2.05) is 53.4 Å². The zero-order valence-corrected chi connectivity index (χ0v) is 19.4. The van der Waals surface area contributed by atoms with Gasteiger partial charge in [-0.15, -0.1) is 11.8 Å². The van der Waals surface area contributed by atoms with Crippen LogP contribution in [0.1, 0.15) is 25.3 Å².